The van der Waals surface area contributed by atoms with Crippen molar-refractivity contribution in [3.63, 3.8) is 0 Å². The maximum Gasteiger partial charge on any atom is 0.247 e. The van der Waals surface area contributed by atoms with Gasteiger partial charge >= 0.3 is 0 Å². The minimum absolute atomic E-state index is 0.124. The predicted molar refractivity (Wildman–Crippen MR) is 97.0 cm³/mol. The van der Waals surface area contributed by atoms with Crippen LogP contribution in [0.3, 0.4) is 0 Å². The molecule has 3 aromatic rings. The smallest absolute Gasteiger partial charge is 0.247 e. The van der Waals surface area contributed by atoms with Crippen LogP contribution in [0.4, 0.5) is 0 Å². The lowest BCUT2D eigenvalue weighted by Gasteiger charge is -2.17. The van der Waals surface area contributed by atoms with Gasteiger partial charge in [-0.25, -0.2) is 4.98 Å². The second kappa shape index (κ2) is 6.52. The van der Waals surface area contributed by atoms with E-state index < -0.39 is 0 Å². The Morgan fingerprint density at radius 1 is 1.04 bits per heavy atom. The number of ether oxygens (including phenoxy) is 1. The third kappa shape index (κ3) is 3.31. The molecule has 6 heteroatoms. The van der Waals surface area contributed by atoms with E-state index in [1.54, 1.807) is 0 Å². The van der Waals surface area contributed by atoms with Gasteiger partial charge in [-0.05, 0) is 58.2 Å². The van der Waals surface area contributed by atoms with Crippen molar-refractivity contribution in [3.8, 4) is 17.3 Å². The Morgan fingerprint density at radius 2 is 1.77 bits per heavy atom. The van der Waals surface area contributed by atoms with Crippen molar-refractivity contribution < 1.29 is 9.15 Å². The van der Waals surface area contributed by atoms with Gasteiger partial charge in [0.2, 0.25) is 17.7 Å². The van der Waals surface area contributed by atoms with E-state index >= 15 is 0 Å². The normalized spacial score (nSPS) is 15.1. The minimum atomic E-state index is -0.124. The zero-order valence-electron chi connectivity index (χ0n) is 15.5. The van der Waals surface area contributed by atoms with Gasteiger partial charge in [0.1, 0.15) is 11.9 Å². The second-order valence-corrected chi connectivity index (χ2v) is 6.89. The molecule has 1 atom stereocenters. The molecule has 6 nitrogen and oxygen atoms in total. The number of hydrogen-bond donors (Lipinski definition) is 0. The molecule has 0 amide bonds. The third-order valence-corrected chi connectivity index (χ3v) is 4.74. The summed E-state index contributed by atoms with van der Waals surface area (Å²) < 4.78 is 11.8. The fourth-order valence-electron chi connectivity index (χ4n) is 2.83. The summed E-state index contributed by atoms with van der Waals surface area (Å²) in [5.74, 6) is 3.15. The van der Waals surface area contributed by atoms with Crippen LogP contribution in [-0.2, 0) is 0 Å². The molecule has 1 aliphatic rings. The fourth-order valence-corrected chi connectivity index (χ4v) is 2.83. The SMILES string of the molecule is Cc1nc(C)c(C)c(O[C@@H](C)c2ccc(-c3nnc(C4CC4)o3)cc2)n1. The Morgan fingerprint density at radius 3 is 2.46 bits per heavy atom. The molecule has 0 saturated heterocycles. The van der Waals surface area contributed by atoms with E-state index in [4.69, 9.17) is 9.15 Å². The summed E-state index contributed by atoms with van der Waals surface area (Å²) in [6.07, 6.45) is 2.18. The van der Waals surface area contributed by atoms with Gasteiger partial charge in [0, 0.05) is 22.7 Å². The lowest BCUT2D eigenvalue weighted by Crippen LogP contribution is -2.08. The molecule has 1 fully saturated rings. The first-order valence-corrected chi connectivity index (χ1v) is 8.93. The van der Waals surface area contributed by atoms with E-state index in [2.05, 4.69) is 20.2 Å². The highest BCUT2D eigenvalue weighted by atomic mass is 16.5. The van der Waals surface area contributed by atoms with Gasteiger partial charge in [-0.2, -0.15) is 4.98 Å². The summed E-state index contributed by atoms with van der Waals surface area (Å²) in [6, 6.07) is 8.03. The van der Waals surface area contributed by atoms with Crippen molar-refractivity contribution in [2.75, 3.05) is 0 Å². The summed E-state index contributed by atoms with van der Waals surface area (Å²) in [7, 11) is 0. The Balaban J connectivity index is 1.50. The Hall–Kier alpha value is -2.76. The van der Waals surface area contributed by atoms with Crippen LogP contribution in [-0.4, -0.2) is 20.2 Å². The van der Waals surface area contributed by atoms with E-state index in [0.717, 1.165) is 41.1 Å². The summed E-state index contributed by atoms with van der Waals surface area (Å²) in [4.78, 5) is 8.79. The highest BCUT2D eigenvalue weighted by Gasteiger charge is 2.29. The zero-order valence-corrected chi connectivity index (χ0v) is 15.5. The summed E-state index contributed by atoms with van der Waals surface area (Å²) in [6.45, 7) is 7.84. The van der Waals surface area contributed by atoms with Gasteiger partial charge < -0.3 is 9.15 Å². The summed E-state index contributed by atoms with van der Waals surface area (Å²) >= 11 is 0. The Bertz CT molecular complexity index is 929. The van der Waals surface area contributed by atoms with E-state index in [1.807, 2.05) is 52.0 Å². The van der Waals surface area contributed by atoms with Crippen LogP contribution in [0.5, 0.6) is 5.88 Å². The van der Waals surface area contributed by atoms with Crippen molar-refractivity contribution in [2.45, 2.75) is 52.6 Å². The molecular weight excluding hydrogens is 328 g/mol. The van der Waals surface area contributed by atoms with Crippen LogP contribution in [0.25, 0.3) is 11.5 Å². The van der Waals surface area contributed by atoms with Gasteiger partial charge in [-0.1, -0.05) is 12.1 Å². The predicted octanol–water partition coefficient (Wildman–Crippen LogP) is 4.47. The van der Waals surface area contributed by atoms with E-state index in [1.165, 1.54) is 0 Å². The lowest BCUT2D eigenvalue weighted by atomic mass is 10.1. The first kappa shape index (κ1) is 16.7. The van der Waals surface area contributed by atoms with Crippen LogP contribution >= 0.6 is 0 Å². The molecule has 0 spiro atoms. The van der Waals surface area contributed by atoms with Gasteiger partial charge in [-0.3, -0.25) is 0 Å². The number of nitrogens with zero attached hydrogens (tertiary/aromatic N) is 4. The molecule has 4 rings (SSSR count). The standard InChI is InChI=1S/C20H22N4O2/c1-11-12(2)21-14(4)22-18(11)25-13(3)15-5-7-16(8-6-15)19-23-24-20(26-19)17-9-10-17/h5-8,13,17H,9-10H2,1-4H3/t13-/m0/s1. The van der Waals surface area contributed by atoms with Crippen molar-refractivity contribution in [1.82, 2.24) is 20.2 Å². The second-order valence-electron chi connectivity index (χ2n) is 6.89. The highest BCUT2D eigenvalue weighted by Crippen LogP contribution is 2.40. The van der Waals surface area contributed by atoms with Crippen molar-refractivity contribution >= 4 is 0 Å². The van der Waals surface area contributed by atoms with Crippen LogP contribution in [0.1, 0.15) is 60.3 Å². The van der Waals surface area contributed by atoms with Gasteiger partial charge in [0.25, 0.3) is 0 Å². The highest BCUT2D eigenvalue weighted by molar-refractivity contribution is 5.53. The maximum absolute atomic E-state index is 6.08. The van der Waals surface area contributed by atoms with Gasteiger partial charge in [0.15, 0.2) is 0 Å². The monoisotopic (exact) mass is 350 g/mol. The molecule has 0 N–H and O–H groups in total. The van der Waals surface area contributed by atoms with Crippen molar-refractivity contribution in [3.05, 3.63) is 52.8 Å². The minimum Gasteiger partial charge on any atom is -0.469 e. The molecule has 1 aromatic carbocycles. The maximum atomic E-state index is 6.08. The fraction of sp³-hybridized carbons (Fsp3) is 0.400. The number of rotatable bonds is 5. The molecule has 1 aliphatic carbocycles. The van der Waals surface area contributed by atoms with Crippen LogP contribution in [0.15, 0.2) is 28.7 Å². The Kier molecular flexibility index (Phi) is 4.18. The van der Waals surface area contributed by atoms with Gasteiger partial charge in [0.05, 0.1) is 0 Å². The van der Waals surface area contributed by atoms with Crippen LogP contribution in [0.2, 0.25) is 0 Å². The number of hydrogen-bond acceptors (Lipinski definition) is 6. The molecule has 0 bridgehead atoms. The number of aromatic nitrogens is 4. The number of benzene rings is 1. The van der Waals surface area contributed by atoms with Crippen molar-refractivity contribution in [1.29, 1.82) is 0 Å². The van der Waals surface area contributed by atoms with E-state index in [9.17, 15) is 0 Å². The van der Waals surface area contributed by atoms with Gasteiger partial charge in [-0.15, -0.1) is 10.2 Å². The molecule has 1 saturated carbocycles. The van der Waals surface area contributed by atoms with Crippen molar-refractivity contribution in [2.24, 2.45) is 0 Å². The molecule has 26 heavy (non-hydrogen) atoms. The third-order valence-electron chi connectivity index (χ3n) is 4.74. The average molecular weight is 350 g/mol. The molecule has 2 aromatic heterocycles. The Labute approximate surface area is 152 Å². The average Bonchev–Trinajstić information content (AvgIpc) is 3.36. The summed E-state index contributed by atoms with van der Waals surface area (Å²) in [5.41, 5.74) is 3.89. The molecule has 134 valence electrons. The quantitative estimate of drug-likeness (QED) is 0.676. The zero-order chi connectivity index (χ0) is 18.3. The topological polar surface area (TPSA) is 73.9 Å². The first-order chi connectivity index (χ1) is 12.5. The lowest BCUT2D eigenvalue weighted by molar-refractivity contribution is 0.214. The van der Waals surface area contributed by atoms with Crippen LogP contribution < -0.4 is 4.74 Å². The largest absolute Gasteiger partial charge is 0.469 e. The summed E-state index contributed by atoms with van der Waals surface area (Å²) in [5, 5.41) is 8.29. The van der Waals surface area contributed by atoms with E-state index in [-0.39, 0.29) is 6.10 Å². The first-order valence-electron chi connectivity index (χ1n) is 8.93. The van der Waals surface area contributed by atoms with Crippen LogP contribution in [0, 0.1) is 20.8 Å². The molecule has 2 heterocycles. The molecular formula is C20H22N4O2. The molecule has 0 unspecified atom stereocenters. The molecule has 0 radical (unpaired) electrons. The number of aryl methyl sites for hydroxylation is 2. The molecule has 0 aliphatic heterocycles. The van der Waals surface area contributed by atoms with E-state index in [0.29, 0.717) is 23.5 Å².